The number of anilines is 1. The monoisotopic (exact) mass is 435 g/mol. The van der Waals surface area contributed by atoms with Gasteiger partial charge in [0.15, 0.2) is 5.13 Å². The third kappa shape index (κ3) is 6.93. The Bertz CT molecular complexity index is 794. The molecule has 3 rings (SSSR count). The first-order chi connectivity index (χ1) is 14.1. The van der Waals surface area contributed by atoms with Crippen molar-refractivity contribution in [2.24, 2.45) is 0 Å². The highest BCUT2D eigenvalue weighted by atomic mass is 32.2. The van der Waals surface area contributed by atoms with Crippen LogP contribution < -0.4 is 10.1 Å². The Labute approximate surface area is 178 Å². The number of carboxylic acid groups (broad SMARTS) is 1. The number of nitrogens with zero attached hydrogens (tertiary/aromatic N) is 2. The lowest BCUT2D eigenvalue weighted by atomic mass is 9.94. The van der Waals surface area contributed by atoms with Gasteiger partial charge in [-0.3, -0.25) is 10.1 Å². The zero-order chi connectivity index (χ0) is 20.5. The molecule has 0 unspecified atom stereocenters. The molecule has 29 heavy (non-hydrogen) atoms. The van der Waals surface area contributed by atoms with Crippen LogP contribution in [-0.2, 0) is 4.79 Å². The molecule has 156 valence electrons. The fraction of sp³-hybridized carbons (Fsp3) is 0.450. The van der Waals surface area contributed by atoms with Crippen molar-refractivity contribution >= 4 is 40.2 Å². The first-order valence-electron chi connectivity index (χ1n) is 9.67. The molecule has 1 heterocycles. The topological polar surface area (TPSA) is 91.8 Å². The summed E-state index contributed by atoms with van der Waals surface area (Å²) in [5.41, 5.74) is 0. The molecule has 2 N–H and O–H groups in total. The lowest BCUT2D eigenvalue weighted by molar-refractivity contribution is -0.133. The second-order valence-electron chi connectivity index (χ2n) is 6.74. The van der Waals surface area contributed by atoms with Gasteiger partial charge in [0.1, 0.15) is 12.4 Å². The van der Waals surface area contributed by atoms with Crippen molar-refractivity contribution in [1.82, 2.24) is 9.88 Å². The van der Waals surface area contributed by atoms with Gasteiger partial charge >= 0.3 is 12.0 Å². The third-order valence-corrected chi connectivity index (χ3v) is 6.75. The van der Waals surface area contributed by atoms with Crippen LogP contribution in [0, 0.1) is 0 Å². The van der Waals surface area contributed by atoms with E-state index in [1.807, 2.05) is 35.2 Å². The predicted molar refractivity (Wildman–Crippen MR) is 115 cm³/mol. The largest absolute Gasteiger partial charge is 0.492 e. The van der Waals surface area contributed by atoms with E-state index in [2.05, 4.69) is 10.3 Å². The van der Waals surface area contributed by atoms with Gasteiger partial charge in [-0.25, -0.2) is 9.78 Å². The summed E-state index contributed by atoms with van der Waals surface area (Å²) < 4.78 is 6.56. The number of para-hydroxylation sites is 1. The Hall–Kier alpha value is -2.26. The molecular weight excluding hydrogens is 410 g/mol. The number of rotatable bonds is 9. The van der Waals surface area contributed by atoms with E-state index in [0.717, 1.165) is 35.6 Å². The number of aromatic nitrogens is 1. The minimum absolute atomic E-state index is 0.0272. The van der Waals surface area contributed by atoms with Gasteiger partial charge < -0.3 is 14.7 Å². The van der Waals surface area contributed by atoms with E-state index in [1.165, 1.54) is 29.5 Å². The summed E-state index contributed by atoms with van der Waals surface area (Å²) >= 11 is 2.48. The van der Waals surface area contributed by atoms with E-state index in [0.29, 0.717) is 18.3 Å². The molecule has 2 amide bonds. The van der Waals surface area contributed by atoms with Crippen molar-refractivity contribution in [2.75, 3.05) is 24.2 Å². The number of amides is 2. The van der Waals surface area contributed by atoms with Crippen molar-refractivity contribution in [3.8, 4) is 5.75 Å². The Kier molecular flexibility index (Phi) is 8.18. The van der Waals surface area contributed by atoms with Gasteiger partial charge in [-0.05, 0) is 25.0 Å². The summed E-state index contributed by atoms with van der Waals surface area (Å²) in [5, 5.41) is 12.1. The number of ether oxygens (including phenoxy) is 1. The number of nitrogens with one attached hydrogen (secondary N) is 1. The summed E-state index contributed by atoms with van der Waals surface area (Å²) in [6, 6.07) is 9.59. The minimum Gasteiger partial charge on any atom is -0.492 e. The van der Waals surface area contributed by atoms with E-state index in [1.54, 1.807) is 6.20 Å². The molecule has 0 saturated heterocycles. The second-order valence-corrected chi connectivity index (χ2v) is 9.05. The smallest absolute Gasteiger partial charge is 0.324 e. The van der Waals surface area contributed by atoms with Crippen LogP contribution in [-0.4, -0.2) is 51.9 Å². The molecule has 0 aliphatic heterocycles. The van der Waals surface area contributed by atoms with E-state index in [4.69, 9.17) is 9.84 Å². The Morgan fingerprint density at radius 1 is 1.24 bits per heavy atom. The van der Waals surface area contributed by atoms with Gasteiger partial charge in [0.05, 0.1) is 22.7 Å². The average molecular weight is 436 g/mol. The van der Waals surface area contributed by atoms with Crippen LogP contribution in [0.2, 0.25) is 0 Å². The molecule has 0 bridgehead atoms. The predicted octanol–water partition coefficient (Wildman–Crippen LogP) is 4.57. The molecule has 1 aliphatic rings. The molecule has 1 saturated carbocycles. The number of thiazole rings is 1. The summed E-state index contributed by atoms with van der Waals surface area (Å²) in [6.07, 6.45) is 7.05. The number of hydrogen-bond donors (Lipinski definition) is 2. The average Bonchev–Trinajstić information content (AvgIpc) is 3.18. The number of carboxylic acids is 1. The Morgan fingerprint density at radius 3 is 2.72 bits per heavy atom. The van der Waals surface area contributed by atoms with Crippen LogP contribution in [0.15, 0.2) is 40.7 Å². The van der Waals surface area contributed by atoms with Crippen LogP contribution in [0.1, 0.15) is 32.1 Å². The molecule has 0 spiro atoms. The summed E-state index contributed by atoms with van der Waals surface area (Å²) in [6.45, 7) is 0.920. The summed E-state index contributed by atoms with van der Waals surface area (Å²) in [5.74, 6) is -0.118. The van der Waals surface area contributed by atoms with E-state index >= 15 is 0 Å². The van der Waals surface area contributed by atoms with Crippen molar-refractivity contribution in [2.45, 2.75) is 42.4 Å². The quantitative estimate of drug-likeness (QED) is 0.561. The van der Waals surface area contributed by atoms with Crippen LogP contribution >= 0.6 is 23.1 Å². The molecule has 7 nitrogen and oxygen atoms in total. The number of carbonyl (C=O) groups is 2. The first kappa shape index (κ1) is 21.4. The number of thioether (sulfide) groups is 1. The third-order valence-electron chi connectivity index (χ3n) is 4.66. The molecule has 1 fully saturated rings. The molecule has 1 aromatic heterocycles. The van der Waals surface area contributed by atoms with E-state index < -0.39 is 5.97 Å². The molecule has 9 heteroatoms. The van der Waals surface area contributed by atoms with Crippen LogP contribution in [0.25, 0.3) is 0 Å². The number of carbonyl (C=O) groups excluding carboxylic acids is 1. The van der Waals surface area contributed by atoms with Gasteiger partial charge in [0.25, 0.3) is 0 Å². The highest BCUT2D eigenvalue weighted by Crippen LogP contribution is 2.29. The van der Waals surface area contributed by atoms with Crippen molar-refractivity contribution in [3.63, 3.8) is 0 Å². The number of urea groups is 1. The molecule has 1 aromatic carbocycles. The SMILES string of the molecule is O=C(O)CSc1cnc(NC(=O)N(CCOc2ccccc2)C2CCCCC2)s1. The first-order valence-corrected chi connectivity index (χ1v) is 11.5. The fourth-order valence-electron chi connectivity index (χ4n) is 3.30. The van der Waals surface area contributed by atoms with Crippen LogP contribution in [0.3, 0.4) is 0 Å². The van der Waals surface area contributed by atoms with Crippen molar-refractivity contribution in [1.29, 1.82) is 0 Å². The molecular formula is C20H25N3O4S2. The van der Waals surface area contributed by atoms with Gasteiger partial charge in [0.2, 0.25) is 0 Å². The van der Waals surface area contributed by atoms with Crippen molar-refractivity contribution in [3.05, 3.63) is 36.5 Å². The van der Waals surface area contributed by atoms with Gasteiger partial charge in [-0.15, -0.1) is 11.8 Å². The molecule has 0 radical (unpaired) electrons. The zero-order valence-electron chi connectivity index (χ0n) is 16.1. The highest BCUT2D eigenvalue weighted by Gasteiger charge is 2.26. The van der Waals surface area contributed by atoms with Gasteiger partial charge in [-0.2, -0.15) is 0 Å². The molecule has 0 atom stereocenters. The minimum atomic E-state index is -0.879. The number of aliphatic carboxylic acids is 1. The van der Waals surface area contributed by atoms with Crippen LogP contribution in [0.4, 0.5) is 9.93 Å². The maximum atomic E-state index is 13.0. The van der Waals surface area contributed by atoms with E-state index in [9.17, 15) is 9.59 Å². The van der Waals surface area contributed by atoms with Crippen molar-refractivity contribution < 1.29 is 19.4 Å². The maximum Gasteiger partial charge on any atom is 0.324 e. The summed E-state index contributed by atoms with van der Waals surface area (Å²) in [4.78, 5) is 29.7. The Balaban J connectivity index is 1.58. The number of hydrogen-bond acceptors (Lipinski definition) is 6. The van der Waals surface area contributed by atoms with Gasteiger partial charge in [0, 0.05) is 6.04 Å². The summed E-state index contributed by atoms with van der Waals surface area (Å²) in [7, 11) is 0. The normalized spacial score (nSPS) is 14.3. The van der Waals surface area contributed by atoms with E-state index in [-0.39, 0.29) is 17.8 Å². The zero-order valence-corrected chi connectivity index (χ0v) is 17.7. The lowest BCUT2D eigenvalue weighted by Crippen LogP contribution is -2.45. The number of benzene rings is 1. The molecule has 2 aromatic rings. The Morgan fingerprint density at radius 2 is 2.00 bits per heavy atom. The fourth-order valence-corrected chi connectivity index (χ4v) is 4.88. The molecule has 1 aliphatic carbocycles. The van der Waals surface area contributed by atoms with Gasteiger partial charge in [-0.1, -0.05) is 48.8 Å². The standard InChI is InChI=1S/C20H25N3O4S2/c24-17(25)14-28-18-13-21-19(29-18)22-20(26)23(15-7-3-1-4-8-15)11-12-27-16-9-5-2-6-10-16/h2,5-6,9-10,13,15H,1,3-4,7-8,11-12,14H2,(H,24,25)(H,21,22,26). The van der Waals surface area contributed by atoms with Crippen LogP contribution in [0.5, 0.6) is 5.75 Å². The maximum absolute atomic E-state index is 13.0. The lowest BCUT2D eigenvalue weighted by Gasteiger charge is -2.34. The highest BCUT2D eigenvalue weighted by molar-refractivity contribution is 8.01. The second kappa shape index (κ2) is 11.1.